The van der Waals surface area contributed by atoms with Gasteiger partial charge in [-0.25, -0.2) is 4.79 Å². The minimum atomic E-state index is -0.149. The Balaban J connectivity index is 1.73. The molecule has 0 spiro atoms. The molecular weight excluding hydrogens is 292 g/mol. The minimum absolute atomic E-state index is 0.104. The van der Waals surface area contributed by atoms with Gasteiger partial charge in [0.05, 0.1) is 6.54 Å². The van der Waals surface area contributed by atoms with E-state index in [9.17, 15) is 4.79 Å². The van der Waals surface area contributed by atoms with Crippen molar-refractivity contribution in [1.82, 2.24) is 10.2 Å². The second-order valence-corrected chi connectivity index (χ2v) is 5.79. The summed E-state index contributed by atoms with van der Waals surface area (Å²) in [6.07, 6.45) is 0.710. The number of carbonyl (C=O) groups is 1. The molecule has 0 radical (unpaired) electrons. The van der Waals surface area contributed by atoms with Crippen LogP contribution in [0.4, 0.5) is 4.79 Å². The number of ether oxygens (including phenoxy) is 1. The molecule has 1 aliphatic heterocycles. The van der Waals surface area contributed by atoms with Gasteiger partial charge in [-0.15, -0.1) is 0 Å². The van der Waals surface area contributed by atoms with E-state index in [1.165, 1.54) is 0 Å². The molecule has 5 nitrogen and oxygen atoms in total. The summed E-state index contributed by atoms with van der Waals surface area (Å²) in [5.41, 5.74) is 0. The SMILES string of the molecule is CC(CNC(=O)N1CCC(CO)C1)Oc1cccc(Cl)c1. The van der Waals surface area contributed by atoms with Gasteiger partial charge < -0.3 is 20.1 Å². The highest BCUT2D eigenvalue weighted by atomic mass is 35.5. The third-order valence-electron chi connectivity index (χ3n) is 3.51. The number of nitrogens with one attached hydrogen (secondary N) is 1. The Hall–Kier alpha value is -1.46. The third kappa shape index (κ3) is 4.79. The lowest BCUT2D eigenvalue weighted by Gasteiger charge is -2.20. The van der Waals surface area contributed by atoms with Crippen LogP contribution in [0, 0.1) is 5.92 Å². The van der Waals surface area contributed by atoms with Crippen molar-refractivity contribution >= 4 is 17.6 Å². The number of rotatable bonds is 5. The van der Waals surface area contributed by atoms with E-state index in [0.717, 1.165) is 6.42 Å². The first-order chi connectivity index (χ1) is 10.1. The van der Waals surface area contributed by atoms with E-state index in [4.69, 9.17) is 21.4 Å². The molecule has 1 fully saturated rings. The average Bonchev–Trinajstić information content (AvgIpc) is 2.94. The second kappa shape index (κ2) is 7.52. The number of hydrogen-bond donors (Lipinski definition) is 2. The summed E-state index contributed by atoms with van der Waals surface area (Å²) in [5.74, 6) is 0.890. The molecule has 0 saturated carbocycles. The lowest BCUT2D eigenvalue weighted by Crippen LogP contribution is -2.42. The Labute approximate surface area is 129 Å². The smallest absolute Gasteiger partial charge is 0.317 e. The van der Waals surface area contributed by atoms with Crippen molar-refractivity contribution in [2.75, 3.05) is 26.2 Å². The van der Waals surface area contributed by atoms with Crippen molar-refractivity contribution in [3.8, 4) is 5.75 Å². The number of likely N-dealkylation sites (tertiary alicyclic amines) is 1. The van der Waals surface area contributed by atoms with Crippen LogP contribution in [0.2, 0.25) is 5.02 Å². The van der Waals surface area contributed by atoms with Gasteiger partial charge in [-0.05, 0) is 31.5 Å². The van der Waals surface area contributed by atoms with Crippen LogP contribution >= 0.6 is 11.6 Å². The highest BCUT2D eigenvalue weighted by Crippen LogP contribution is 2.18. The first-order valence-electron chi connectivity index (χ1n) is 7.14. The molecule has 1 aromatic rings. The number of aliphatic hydroxyl groups is 1. The Kier molecular flexibility index (Phi) is 5.70. The molecule has 2 rings (SSSR count). The van der Waals surface area contributed by atoms with E-state index in [-0.39, 0.29) is 24.7 Å². The number of nitrogens with zero attached hydrogens (tertiary/aromatic N) is 1. The van der Waals surface area contributed by atoms with E-state index < -0.39 is 0 Å². The summed E-state index contributed by atoms with van der Waals surface area (Å²) in [7, 11) is 0. The molecule has 6 heteroatoms. The highest BCUT2D eigenvalue weighted by Gasteiger charge is 2.25. The molecule has 2 N–H and O–H groups in total. The van der Waals surface area contributed by atoms with Gasteiger partial charge in [0.15, 0.2) is 0 Å². The lowest BCUT2D eigenvalue weighted by molar-refractivity contribution is 0.184. The zero-order chi connectivity index (χ0) is 15.2. The molecule has 116 valence electrons. The molecule has 0 bridgehead atoms. The quantitative estimate of drug-likeness (QED) is 0.875. The molecule has 1 aliphatic rings. The summed E-state index contributed by atoms with van der Waals surface area (Å²) >= 11 is 5.89. The Bertz CT molecular complexity index is 484. The van der Waals surface area contributed by atoms with E-state index in [1.807, 2.05) is 19.1 Å². The topological polar surface area (TPSA) is 61.8 Å². The maximum atomic E-state index is 12.0. The minimum Gasteiger partial charge on any atom is -0.489 e. The number of aliphatic hydroxyl groups excluding tert-OH is 1. The molecule has 2 unspecified atom stereocenters. The first kappa shape index (κ1) is 15.9. The van der Waals surface area contributed by atoms with Gasteiger partial charge in [-0.1, -0.05) is 17.7 Å². The predicted octanol–water partition coefficient (Wildman–Crippen LogP) is 2.13. The van der Waals surface area contributed by atoms with Crippen LogP contribution < -0.4 is 10.1 Å². The molecule has 0 aromatic heterocycles. The normalized spacial score (nSPS) is 19.4. The summed E-state index contributed by atoms with van der Waals surface area (Å²) in [6.45, 7) is 3.76. The molecular formula is C15H21ClN2O3. The number of amides is 2. The Morgan fingerprint density at radius 1 is 1.62 bits per heavy atom. The molecule has 21 heavy (non-hydrogen) atoms. The van der Waals surface area contributed by atoms with Crippen LogP contribution in [0.15, 0.2) is 24.3 Å². The molecule has 1 heterocycles. The maximum absolute atomic E-state index is 12.0. The Morgan fingerprint density at radius 3 is 3.10 bits per heavy atom. The van der Waals surface area contributed by atoms with Crippen molar-refractivity contribution in [3.05, 3.63) is 29.3 Å². The monoisotopic (exact) mass is 312 g/mol. The summed E-state index contributed by atoms with van der Waals surface area (Å²) in [5, 5.41) is 12.6. The fourth-order valence-electron chi connectivity index (χ4n) is 2.32. The summed E-state index contributed by atoms with van der Waals surface area (Å²) < 4.78 is 5.69. The standard InChI is InChI=1S/C15H21ClN2O3/c1-11(21-14-4-2-3-13(16)7-14)8-17-15(20)18-6-5-12(9-18)10-19/h2-4,7,11-12,19H,5-6,8-10H2,1H3,(H,17,20). The van der Waals surface area contributed by atoms with Crippen molar-refractivity contribution in [2.24, 2.45) is 5.92 Å². The van der Waals surface area contributed by atoms with Crippen molar-refractivity contribution in [3.63, 3.8) is 0 Å². The number of halogens is 1. The van der Waals surface area contributed by atoms with Gasteiger partial charge in [0.2, 0.25) is 0 Å². The third-order valence-corrected chi connectivity index (χ3v) is 3.74. The van der Waals surface area contributed by atoms with Gasteiger partial charge in [0.1, 0.15) is 11.9 Å². The van der Waals surface area contributed by atoms with E-state index in [1.54, 1.807) is 17.0 Å². The predicted molar refractivity (Wildman–Crippen MR) is 81.7 cm³/mol. The van der Waals surface area contributed by atoms with E-state index >= 15 is 0 Å². The number of carbonyl (C=O) groups excluding carboxylic acids is 1. The van der Waals surface area contributed by atoms with Crippen LogP contribution in [0.5, 0.6) is 5.75 Å². The summed E-state index contributed by atoms with van der Waals surface area (Å²) in [4.78, 5) is 13.7. The lowest BCUT2D eigenvalue weighted by atomic mass is 10.1. The fraction of sp³-hybridized carbons (Fsp3) is 0.533. The van der Waals surface area contributed by atoms with E-state index in [2.05, 4.69) is 5.32 Å². The van der Waals surface area contributed by atoms with Gasteiger partial charge in [-0.3, -0.25) is 0 Å². The van der Waals surface area contributed by atoms with E-state index in [0.29, 0.717) is 30.4 Å². The Morgan fingerprint density at radius 2 is 2.43 bits per heavy atom. The van der Waals surface area contributed by atoms with Crippen LogP contribution in [-0.2, 0) is 0 Å². The van der Waals surface area contributed by atoms with Gasteiger partial charge in [-0.2, -0.15) is 0 Å². The van der Waals surface area contributed by atoms with Crippen LogP contribution in [0.1, 0.15) is 13.3 Å². The molecule has 1 saturated heterocycles. The van der Waals surface area contributed by atoms with Crippen LogP contribution in [0.25, 0.3) is 0 Å². The molecule has 0 aliphatic carbocycles. The van der Waals surface area contributed by atoms with Crippen molar-refractivity contribution in [2.45, 2.75) is 19.4 Å². The second-order valence-electron chi connectivity index (χ2n) is 5.36. The van der Waals surface area contributed by atoms with Crippen LogP contribution in [0.3, 0.4) is 0 Å². The van der Waals surface area contributed by atoms with Gasteiger partial charge in [0, 0.05) is 30.6 Å². The summed E-state index contributed by atoms with van der Waals surface area (Å²) in [6, 6.07) is 7.07. The van der Waals surface area contributed by atoms with Crippen molar-refractivity contribution < 1.29 is 14.6 Å². The zero-order valence-electron chi connectivity index (χ0n) is 12.1. The average molecular weight is 313 g/mol. The maximum Gasteiger partial charge on any atom is 0.317 e. The number of urea groups is 1. The number of hydrogen-bond acceptors (Lipinski definition) is 3. The fourth-order valence-corrected chi connectivity index (χ4v) is 2.50. The highest BCUT2D eigenvalue weighted by molar-refractivity contribution is 6.30. The van der Waals surface area contributed by atoms with Gasteiger partial charge in [0.25, 0.3) is 0 Å². The largest absolute Gasteiger partial charge is 0.489 e. The van der Waals surface area contributed by atoms with Crippen LogP contribution in [-0.4, -0.2) is 48.4 Å². The van der Waals surface area contributed by atoms with Crippen molar-refractivity contribution in [1.29, 1.82) is 0 Å². The molecule has 1 aromatic carbocycles. The molecule has 2 amide bonds. The first-order valence-corrected chi connectivity index (χ1v) is 7.52. The molecule has 2 atom stereocenters. The number of benzene rings is 1. The zero-order valence-corrected chi connectivity index (χ0v) is 12.8. The van der Waals surface area contributed by atoms with Gasteiger partial charge >= 0.3 is 6.03 Å².